The summed E-state index contributed by atoms with van der Waals surface area (Å²) in [6.07, 6.45) is -0.0283. The van der Waals surface area contributed by atoms with Crippen LogP contribution in [0.4, 0.5) is 0 Å². The molecule has 2 atom stereocenters. The number of carbonyl (C=O) groups is 1. The number of hydrogen-bond donors (Lipinski definition) is 1. The standard InChI is InChI=1S/C13H27IO4Si/c1-13(2,3)19(5,6)18-11(7-10(15)9-14)8-12(16)17-4/h10-11,15H,7-9H2,1-6H3. The first-order chi connectivity index (χ1) is 8.53. The van der Waals surface area contributed by atoms with Crippen LogP contribution in [0.15, 0.2) is 0 Å². The molecule has 6 heteroatoms. The second-order valence-electron chi connectivity index (χ2n) is 6.32. The van der Waals surface area contributed by atoms with Crippen LogP contribution in [0.3, 0.4) is 0 Å². The molecule has 1 N–H and O–H groups in total. The topological polar surface area (TPSA) is 55.8 Å². The summed E-state index contributed by atoms with van der Waals surface area (Å²) in [5.74, 6) is -0.288. The second-order valence-corrected chi connectivity index (χ2v) is 12.0. The molecular formula is C13H27IO4Si. The predicted octanol–water partition coefficient (Wildman–Crippen LogP) is 3.13. The van der Waals surface area contributed by atoms with Gasteiger partial charge in [0.25, 0.3) is 0 Å². The molecule has 0 spiro atoms. The molecule has 0 radical (unpaired) electrons. The molecule has 19 heavy (non-hydrogen) atoms. The number of hydrogen-bond acceptors (Lipinski definition) is 4. The number of aliphatic hydroxyl groups excluding tert-OH is 1. The van der Waals surface area contributed by atoms with E-state index in [1.807, 2.05) is 0 Å². The van der Waals surface area contributed by atoms with Gasteiger partial charge in [0, 0.05) is 4.43 Å². The number of rotatable bonds is 7. The van der Waals surface area contributed by atoms with Crippen LogP contribution in [0.1, 0.15) is 33.6 Å². The van der Waals surface area contributed by atoms with Crippen LogP contribution in [0.25, 0.3) is 0 Å². The Kier molecular flexibility index (Phi) is 8.09. The molecule has 0 aromatic carbocycles. The number of halogens is 1. The lowest BCUT2D eigenvalue weighted by Gasteiger charge is -2.39. The molecule has 114 valence electrons. The van der Waals surface area contributed by atoms with E-state index >= 15 is 0 Å². The first-order valence-electron chi connectivity index (χ1n) is 6.52. The fourth-order valence-electron chi connectivity index (χ4n) is 1.40. The Hall–Kier alpha value is 0.337. The Bertz CT molecular complexity index is 289. The number of esters is 1. The van der Waals surface area contributed by atoms with E-state index in [1.165, 1.54) is 7.11 Å². The molecule has 0 aliphatic heterocycles. The minimum atomic E-state index is -1.95. The zero-order valence-electron chi connectivity index (χ0n) is 12.8. The molecule has 0 amide bonds. The second kappa shape index (κ2) is 7.95. The van der Waals surface area contributed by atoms with Gasteiger partial charge in [0.2, 0.25) is 0 Å². The summed E-state index contributed by atoms with van der Waals surface area (Å²) in [5.41, 5.74) is 0. The van der Waals surface area contributed by atoms with Crippen LogP contribution in [0.2, 0.25) is 18.1 Å². The van der Waals surface area contributed by atoms with E-state index in [9.17, 15) is 9.90 Å². The number of alkyl halides is 1. The predicted molar refractivity (Wildman–Crippen MR) is 88.2 cm³/mol. The maximum absolute atomic E-state index is 11.5. The first kappa shape index (κ1) is 19.3. The number of aliphatic hydroxyl groups is 1. The highest BCUT2D eigenvalue weighted by Gasteiger charge is 2.39. The highest BCUT2D eigenvalue weighted by molar-refractivity contribution is 14.1. The molecular weight excluding hydrogens is 375 g/mol. The first-order valence-corrected chi connectivity index (χ1v) is 11.0. The van der Waals surface area contributed by atoms with Crippen LogP contribution < -0.4 is 0 Å². The molecule has 0 aliphatic rings. The Morgan fingerprint density at radius 1 is 1.37 bits per heavy atom. The van der Waals surface area contributed by atoms with Crippen molar-refractivity contribution in [1.82, 2.24) is 0 Å². The summed E-state index contributed by atoms with van der Waals surface area (Å²) in [7, 11) is -0.573. The van der Waals surface area contributed by atoms with Gasteiger partial charge in [-0.15, -0.1) is 0 Å². The van der Waals surface area contributed by atoms with E-state index in [0.29, 0.717) is 10.8 Å². The van der Waals surface area contributed by atoms with Gasteiger partial charge in [-0.2, -0.15) is 0 Å². The summed E-state index contributed by atoms with van der Waals surface area (Å²) in [4.78, 5) is 11.5. The van der Waals surface area contributed by atoms with E-state index in [2.05, 4.69) is 56.5 Å². The van der Waals surface area contributed by atoms with Gasteiger partial charge in [0.1, 0.15) is 0 Å². The van der Waals surface area contributed by atoms with Gasteiger partial charge in [-0.1, -0.05) is 43.4 Å². The lowest BCUT2D eigenvalue weighted by Crippen LogP contribution is -2.45. The Morgan fingerprint density at radius 3 is 2.26 bits per heavy atom. The fraction of sp³-hybridized carbons (Fsp3) is 0.923. The largest absolute Gasteiger partial charge is 0.469 e. The van der Waals surface area contributed by atoms with Gasteiger partial charge in [0.15, 0.2) is 8.32 Å². The number of methoxy groups -OCH3 is 1. The van der Waals surface area contributed by atoms with E-state index in [4.69, 9.17) is 9.16 Å². The molecule has 0 aromatic rings. The lowest BCUT2D eigenvalue weighted by atomic mass is 10.1. The maximum Gasteiger partial charge on any atom is 0.308 e. The monoisotopic (exact) mass is 402 g/mol. The maximum atomic E-state index is 11.5. The van der Waals surface area contributed by atoms with Crippen molar-refractivity contribution in [1.29, 1.82) is 0 Å². The minimum absolute atomic E-state index is 0.0800. The molecule has 0 rings (SSSR count). The molecule has 0 saturated heterocycles. The van der Waals surface area contributed by atoms with Gasteiger partial charge >= 0.3 is 5.97 Å². The smallest absolute Gasteiger partial charge is 0.308 e. The van der Waals surface area contributed by atoms with Crippen LogP contribution in [-0.4, -0.2) is 43.1 Å². The lowest BCUT2D eigenvalue weighted by molar-refractivity contribution is -0.142. The van der Waals surface area contributed by atoms with Crippen molar-refractivity contribution in [3.05, 3.63) is 0 Å². The van der Waals surface area contributed by atoms with Crippen molar-refractivity contribution in [2.24, 2.45) is 0 Å². The van der Waals surface area contributed by atoms with Crippen molar-refractivity contribution >= 4 is 36.9 Å². The SMILES string of the molecule is COC(=O)CC(CC(O)CI)O[Si](C)(C)C(C)(C)C. The van der Waals surface area contributed by atoms with Crippen LogP contribution in [0.5, 0.6) is 0 Å². The van der Waals surface area contributed by atoms with E-state index in [1.54, 1.807) is 0 Å². The zero-order chi connectivity index (χ0) is 15.3. The van der Waals surface area contributed by atoms with Crippen LogP contribution in [-0.2, 0) is 14.0 Å². The van der Waals surface area contributed by atoms with Gasteiger partial charge in [-0.05, 0) is 24.6 Å². The van der Waals surface area contributed by atoms with Gasteiger partial charge in [-0.3, -0.25) is 4.79 Å². The van der Waals surface area contributed by atoms with Crippen molar-refractivity contribution in [3.63, 3.8) is 0 Å². The van der Waals surface area contributed by atoms with Gasteiger partial charge < -0.3 is 14.3 Å². The van der Waals surface area contributed by atoms with Gasteiger partial charge in [-0.25, -0.2) is 0 Å². The van der Waals surface area contributed by atoms with Crippen molar-refractivity contribution in [3.8, 4) is 0 Å². The molecule has 0 aliphatic carbocycles. The van der Waals surface area contributed by atoms with Gasteiger partial charge in [0.05, 0.1) is 25.7 Å². The fourth-order valence-corrected chi connectivity index (χ4v) is 3.13. The third kappa shape index (κ3) is 7.06. The van der Waals surface area contributed by atoms with E-state index in [-0.39, 0.29) is 23.5 Å². The van der Waals surface area contributed by atoms with Crippen LogP contribution in [0, 0.1) is 0 Å². The quantitative estimate of drug-likeness (QED) is 0.308. The molecule has 2 unspecified atom stereocenters. The van der Waals surface area contributed by atoms with E-state index in [0.717, 1.165) is 0 Å². The number of ether oxygens (including phenoxy) is 1. The molecule has 0 heterocycles. The number of carbonyl (C=O) groups excluding carboxylic acids is 1. The normalized spacial score (nSPS) is 16.0. The average molecular weight is 402 g/mol. The summed E-state index contributed by atoms with van der Waals surface area (Å²) in [5, 5.41) is 9.87. The van der Waals surface area contributed by atoms with Crippen molar-refractivity contribution in [2.45, 2.75) is 64.0 Å². The summed E-state index contributed by atoms with van der Waals surface area (Å²) in [6.45, 7) is 10.8. The molecule has 0 saturated carbocycles. The molecule has 0 fully saturated rings. The zero-order valence-corrected chi connectivity index (χ0v) is 16.0. The molecule has 0 aromatic heterocycles. The van der Waals surface area contributed by atoms with Crippen molar-refractivity contribution < 1.29 is 19.1 Å². The van der Waals surface area contributed by atoms with Crippen LogP contribution >= 0.6 is 22.6 Å². The summed E-state index contributed by atoms with van der Waals surface area (Å²) < 4.78 is 11.6. The summed E-state index contributed by atoms with van der Waals surface area (Å²) in [6, 6.07) is 0. The Morgan fingerprint density at radius 2 is 1.89 bits per heavy atom. The third-order valence-corrected chi connectivity index (χ3v) is 9.15. The highest BCUT2D eigenvalue weighted by atomic mass is 127. The van der Waals surface area contributed by atoms with E-state index < -0.39 is 14.4 Å². The Balaban J connectivity index is 4.79. The average Bonchev–Trinajstić information content (AvgIpc) is 2.26. The van der Waals surface area contributed by atoms with Crippen molar-refractivity contribution in [2.75, 3.05) is 11.5 Å². The third-order valence-electron chi connectivity index (χ3n) is 3.60. The highest BCUT2D eigenvalue weighted by Crippen LogP contribution is 2.38. The summed E-state index contributed by atoms with van der Waals surface area (Å²) >= 11 is 2.13. The molecule has 0 bridgehead atoms. The minimum Gasteiger partial charge on any atom is -0.469 e. The molecule has 4 nitrogen and oxygen atoms in total. The Labute approximate surface area is 131 Å².